The first-order chi connectivity index (χ1) is 11.1. The lowest BCUT2D eigenvalue weighted by Crippen LogP contribution is -2.48. The monoisotopic (exact) mass is 315 g/mol. The van der Waals surface area contributed by atoms with E-state index in [0.29, 0.717) is 0 Å². The van der Waals surface area contributed by atoms with E-state index >= 15 is 0 Å². The Labute approximate surface area is 140 Å². The number of hydrogen-bond acceptors (Lipinski definition) is 2. The molecule has 126 valence electrons. The van der Waals surface area contributed by atoms with E-state index in [-0.39, 0.29) is 11.8 Å². The average Bonchev–Trinajstić information content (AvgIpc) is 3.14. The molecule has 3 aliphatic rings. The van der Waals surface area contributed by atoms with Gasteiger partial charge in [0.2, 0.25) is 6.23 Å². The maximum Gasteiger partial charge on any atom is 0.220 e. The summed E-state index contributed by atoms with van der Waals surface area (Å²) in [5, 5.41) is 0. The highest BCUT2D eigenvalue weighted by Crippen LogP contribution is 2.50. The third-order valence-electron chi connectivity index (χ3n) is 6.38. The molecule has 0 radical (unpaired) electrons. The van der Waals surface area contributed by atoms with Crippen LogP contribution in [0, 0.1) is 0 Å². The van der Waals surface area contributed by atoms with Crippen LogP contribution in [0.15, 0.2) is 24.3 Å². The molecule has 23 heavy (non-hydrogen) atoms. The van der Waals surface area contributed by atoms with Crippen molar-refractivity contribution in [3.8, 4) is 0 Å². The van der Waals surface area contributed by atoms with E-state index in [1.165, 1.54) is 80.3 Å². The van der Waals surface area contributed by atoms with Gasteiger partial charge in [-0.15, -0.1) is 0 Å². The minimum atomic E-state index is 0.174. The van der Waals surface area contributed by atoms with Crippen molar-refractivity contribution in [3.05, 3.63) is 29.8 Å². The summed E-state index contributed by atoms with van der Waals surface area (Å²) in [4.78, 5) is 2.17. The molecular weight excluding hydrogens is 284 g/mol. The molecule has 1 aliphatic carbocycles. The van der Waals surface area contributed by atoms with Gasteiger partial charge in [-0.05, 0) is 37.1 Å². The molecule has 1 atom stereocenters. The van der Waals surface area contributed by atoms with Gasteiger partial charge in [0, 0.05) is 38.2 Å². The van der Waals surface area contributed by atoms with Crippen molar-refractivity contribution in [2.45, 2.75) is 56.8 Å². The third-order valence-corrected chi connectivity index (χ3v) is 6.38. The highest BCUT2D eigenvalue weighted by molar-refractivity contribution is 5.46. The fraction of sp³-hybridized carbons (Fsp3) is 0.700. The molecule has 2 aliphatic heterocycles. The van der Waals surface area contributed by atoms with E-state index in [1.807, 2.05) is 0 Å². The summed E-state index contributed by atoms with van der Waals surface area (Å²) in [5.74, 6) is 0. The van der Waals surface area contributed by atoms with Crippen LogP contribution in [0.25, 0.3) is 0 Å². The summed E-state index contributed by atoms with van der Waals surface area (Å²) in [6.45, 7) is 3.87. The minimum absolute atomic E-state index is 0.174. The van der Waals surface area contributed by atoms with Gasteiger partial charge in [-0.25, -0.2) is 0 Å². The largest absolute Gasteiger partial charge is 0.378 e. The number of quaternary nitrogens is 1. The highest BCUT2D eigenvalue weighted by atomic mass is 16.5. The van der Waals surface area contributed by atoms with Crippen molar-refractivity contribution in [2.24, 2.45) is 0 Å². The average molecular weight is 315 g/mol. The number of anilines is 1. The topological polar surface area (TPSA) is 12.5 Å². The van der Waals surface area contributed by atoms with E-state index < -0.39 is 0 Å². The summed E-state index contributed by atoms with van der Waals surface area (Å²) in [6, 6.07) is 9.11. The first-order valence-corrected chi connectivity index (χ1v) is 9.44. The van der Waals surface area contributed by atoms with Crippen molar-refractivity contribution in [1.29, 1.82) is 0 Å². The van der Waals surface area contributed by atoms with Crippen LogP contribution in [0.1, 0.15) is 56.7 Å². The molecule has 0 aromatic heterocycles. The quantitative estimate of drug-likeness (QED) is 0.762. The minimum Gasteiger partial charge on any atom is -0.378 e. The van der Waals surface area contributed by atoms with Gasteiger partial charge < -0.3 is 9.64 Å². The van der Waals surface area contributed by atoms with Crippen LogP contribution >= 0.6 is 0 Å². The van der Waals surface area contributed by atoms with Crippen LogP contribution in [0.4, 0.5) is 5.69 Å². The van der Waals surface area contributed by atoms with Crippen LogP contribution in [0.2, 0.25) is 0 Å². The van der Waals surface area contributed by atoms with E-state index in [2.05, 4.69) is 43.3 Å². The first-order valence-electron chi connectivity index (χ1n) is 9.44. The number of nitrogens with zero attached hydrogens (tertiary/aromatic N) is 2. The molecule has 0 bridgehead atoms. The molecule has 4 rings (SSSR count). The maximum absolute atomic E-state index is 6.87. The Bertz CT molecular complexity index is 539. The number of benzene rings is 1. The zero-order chi connectivity index (χ0) is 15.9. The molecule has 1 aromatic rings. The zero-order valence-corrected chi connectivity index (χ0v) is 14.8. The van der Waals surface area contributed by atoms with Gasteiger partial charge in [0.05, 0.1) is 13.1 Å². The maximum atomic E-state index is 6.87. The smallest absolute Gasteiger partial charge is 0.220 e. The number of rotatable bonds is 2. The van der Waals surface area contributed by atoms with Gasteiger partial charge in [-0.2, -0.15) is 0 Å². The fourth-order valence-electron chi connectivity index (χ4n) is 5.19. The van der Waals surface area contributed by atoms with Crippen molar-refractivity contribution in [1.82, 2.24) is 0 Å². The van der Waals surface area contributed by atoms with Crippen LogP contribution in [-0.2, 0) is 4.74 Å². The molecule has 2 spiro atoms. The number of hydrogen-bond donors (Lipinski definition) is 0. The van der Waals surface area contributed by atoms with Gasteiger partial charge in [0.25, 0.3) is 0 Å². The highest BCUT2D eigenvalue weighted by Gasteiger charge is 2.57. The Hall–Kier alpha value is -1.06. The summed E-state index contributed by atoms with van der Waals surface area (Å²) in [7, 11) is 4.21. The molecule has 2 heterocycles. The Morgan fingerprint density at radius 1 is 0.957 bits per heavy atom. The zero-order valence-electron chi connectivity index (χ0n) is 14.8. The number of ether oxygens (including phenoxy) is 1. The molecule has 2 saturated heterocycles. The second kappa shape index (κ2) is 5.78. The van der Waals surface area contributed by atoms with Gasteiger partial charge in [-0.1, -0.05) is 19.3 Å². The van der Waals surface area contributed by atoms with Gasteiger partial charge in [0.15, 0.2) is 0 Å². The Morgan fingerprint density at radius 2 is 1.61 bits per heavy atom. The van der Waals surface area contributed by atoms with E-state index in [9.17, 15) is 0 Å². The molecule has 3 heteroatoms. The molecule has 0 N–H and O–H groups in total. The first kappa shape index (κ1) is 15.5. The predicted molar refractivity (Wildman–Crippen MR) is 94.5 cm³/mol. The summed E-state index contributed by atoms with van der Waals surface area (Å²) >= 11 is 0. The lowest BCUT2D eigenvalue weighted by atomic mass is 9.84. The Kier molecular flexibility index (Phi) is 3.89. The van der Waals surface area contributed by atoms with E-state index in [4.69, 9.17) is 4.74 Å². The standard InChI is InChI=1S/C20H31N2O/c1-21(2)18-10-8-17(9-11-18)19-22(14-6-7-15-22)16-20(23-19)12-4-3-5-13-20/h8-11,19H,3-7,12-16H2,1-2H3/q+1. The third kappa shape index (κ3) is 2.68. The van der Waals surface area contributed by atoms with Crippen molar-refractivity contribution < 1.29 is 9.22 Å². The van der Waals surface area contributed by atoms with Crippen molar-refractivity contribution in [3.63, 3.8) is 0 Å². The summed E-state index contributed by atoms with van der Waals surface area (Å²) in [6.07, 6.45) is 9.66. The van der Waals surface area contributed by atoms with Gasteiger partial charge in [-0.3, -0.25) is 4.48 Å². The molecule has 3 nitrogen and oxygen atoms in total. The summed E-state index contributed by atoms with van der Waals surface area (Å²) < 4.78 is 8.07. The van der Waals surface area contributed by atoms with Crippen LogP contribution in [0.3, 0.4) is 0 Å². The molecule has 0 amide bonds. The second-order valence-corrected chi connectivity index (χ2v) is 8.23. The molecule has 1 saturated carbocycles. The predicted octanol–water partition coefficient (Wildman–Crippen LogP) is 4.09. The Balaban J connectivity index is 1.64. The van der Waals surface area contributed by atoms with Gasteiger partial charge >= 0.3 is 0 Å². The molecular formula is C20H31N2O+. The Morgan fingerprint density at radius 3 is 2.22 bits per heavy atom. The molecule has 3 fully saturated rings. The molecule has 1 unspecified atom stereocenters. The van der Waals surface area contributed by atoms with Crippen molar-refractivity contribution >= 4 is 5.69 Å². The van der Waals surface area contributed by atoms with Gasteiger partial charge in [0.1, 0.15) is 12.1 Å². The lowest BCUT2D eigenvalue weighted by molar-refractivity contribution is -0.946. The van der Waals surface area contributed by atoms with Crippen molar-refractivity contribution in [2.75, 3.05) is 38.6 Å². The lowest BCUT2D eigenvalue weighted by Gasteiger charge is -2.35. The SMILES string of the molecule is CN(C)c1ccc(C2OC3(CCCCC3)C[N+]23CCCC3)cc1. The fourth-order valence-corrected chi connectivity index (χ4v) is 5.19. The second-order valence-electron chi connectivity index (χ2n) is 8.23. The van der Waals surface area contributed by atoms with E-state index in [0.717, 1.165) is 0 Å². The van der Waals surface area contributed by atoms with Crippen LogP contribution < -0.4 is 4.90 Å². The molecule has 1 aromatic carbocycles. The van der Waals surface area contributed by atoms with Crippen LogP contribution in [-0.4, -0.2) is 43.8 Å². The van der Waals surface area contributed by atoms with Crippen LogP contribution in [0.5, 0.6) is 0 Å². The van der Waals surface area contributed by atoms with E-state index in [1.54, 1.807) is 0 Å². The summed E-state index contributed by atoms with van der Waals surface area (Å²) in [5.41, 5.74) is 2.83. The normalized spacial score (nSPS) is 28.5.